The van der Waals surface area contributed by atoms with Crippen molar-refractivity contribution in [3.8, 4) is 0 Å². The summed E-state index contributed by atoms with van der Waals surface area (Å²) in [6, 6.07) is -0.754. The maximum absolute atomic E-state index is 12.7. The van der Waals surface area contributed by atoms with Crippen LogP contribution >= 0.6 is 50.8 Å². The molecule has 1 saturated heterocycles. The number of amides is 2. The van der Waals surface area contributed by atoms with E-state index in [-0.39, 0.29) is 18.0 Å². The molecular weight excluding hydrogens is 518 g/mol. The summed E-state index contributed by atoms with van der Waals surface area (Å²) in [4.78, 5) is 42.3. The molecule has 15 heteroatoms. The summed E-state index contributed by atoms with van der Waals surface area (Å²) in [5.74, 6) is -1.16. The highest BCUT2D eigenvalue weighted by Crippen LogP contribution is 2.41. The highest BCUT2D eigenvalue weighted by atomic mass is 79.9. The molecule has 30 heavy (non-hydrogen) atoms. The number of carbonyl (C=O) groups excluding carboxylic acids is 2. The Morgan fingerprint density at radius 3 is 2.90 bits per heavy atom. The van der Waals surface area contributed by atoms with Crippen LogP contribution in [0.2, 0.25) is 0 Å². The number of hydrogen-bond donors (Lipinski definition) is 2. The number of nitrogens with one attached hydrogen (secondary N) is 1. The third-order valence-corrected chi connectivity index (χ3v) is 8.24. The van der Waals surface area contributed by atoms with Gasteiger partial charge in [0, 0.05) is 23.9 Å². The van der Waals surface area contributed by atoms with E-state index in [0.29, 0.717) is 31.8 Å². The Kier molecular flexibility index (Phi) is 6.13. The number of carbonyl (C=O) groups is 3. The van der Waals surface area contributed by atoms with Gasteiger partial charge in [0.2, 0.25) is 11.1 Å². The van der Waals surface area contributed by atoms with Crippen LogP contribution in [-0.2, 0) is 27.9 Å². The first-order valence-corrected chi connectivity index (χ1v) is 12.2. The van der Waals surface area contributed by atoms with Crippen LogP contribution in [0.5, 0.6) is 0 Å². The molecule has 2 aromatic heterocycles. The minimum absolute atomic E-state index is 0.0275. The molecule has 2 aliphatic heterocycles. The number of carboxylic acids is 1. The Balaban J connectivity index is 1.44. The zero-order chi connectivity index (χ0) is 21.4. The number of thiazole rings is 1. The van der Waals surface area contributed by atoms with Crippen molar-refractivity contribution in [1.29, 1.82) is 0 Å². The Hall–Kier alpha value is -1.97. The Morgan fingerprint density at radius 2 is 2.27 bits per heavy atom. The Morgan fingerprint density at radius 1 is 1.47 bits per heavy atom. The van der Waals surface area contributed by atoms with Crippen LogP contribution in [-0.4, -0.2) is 75.9 Å². The molecule has 0 saturated carbocycles. The van der Waals surface area contributed by atoms with Gasteiger partial charge < -0.3 is 10.4 Å². The van der Waals surface area contributed by atoms with Gasteiger partial charge in [0.05, 0.1) is 12.1 Å². The van der Waals surface area contributed by atoms with Crippen molar-refractivity contribution in [1.82, 2.24) is 35.4 Å². The molecular formula is C15H14BrN7O4S3. The van der Waals surface area contributed by atoms with Crippen molar-refractivity contribution >= 4 is 68.6 Å². The predicted octanol–water partition coefficient (Wildman–Crippen LogP) is 0.502. The average Bonchev–Trinajstić information content (AvgIpc) is 3.31. The molecule has 158 valence electrons. The standard InChI is InChI=1S/C15H14BrN7O4S3/c1-22-15(19-20-21-22)30-4-6-3-28-12-9(11(25)23(12)10(6)13(26)27)18-8(24)2-7-5-29-14(16)17-7/h5,9,12H,2-4H2,1H3,(H,18,24)(H,26,27)/t9?,12-/m0/s1. The van der Waals surface area contributed by atoms with E-state index < -0.39 is 23.3 Å². The van der Waals surface area contributed by atoms with Crippen LogP contribution in [0.25, 0.3) is 0 Å². The zero-order valence-electron chi connectivity index (χ0n) is 15.3. The van der Waals surface area contributed by atoms with Gasteiger partial charge in [-0.15, -0.1) is 28.2 Å². The largest absolute Gasteiger partial charge is 0.477 e. The van der Waals surface area contributed by atoms with Gasteiger partial charge in [-0.2, -0.15) is 0 Å². The molecule has 2 atom stereocenters. The number of aromatic nitrogens is 5. The van der Waals surface area contributed by atoms with E-state index in [9.17, 15) is 19.5 Å². The number of carboxylic acid groups (broad SMARTS) is 1. The summed E-state index contributed by atoms with van der Waals surface area (Å²) >= 11 is 7.34. The minimum atomic E-state index is -1.17. The SMILES string of the molecule is Cn1nnnc1SCC1=C(C(=O)O)N2C(=O)C(NC(=O)Cc3csc(Br)n3)[C@@H]2SC1. The van der Waals surface area contributed by atoms with E-state index in [1.54, 1.807) is 12.4 Å². The predicted molar refractivity (Wildman–Crippen MR) is 113 cm³/mol. The number of tetrazole rings is 1. The average molecular weight is 532 g/mol. The van der Waals surface area contributed by atoms with E-state index in [4.69, 9.17) is 0 Å². The summed E-state index contributed by atoms with van der Waals surface area (Å²) in [5.41, 5.74) is 1.19. The quantitative estimate of drug-likeness (QED) is 0.382. The number of aryl methyl sites for hydroxylation is 1. The second-order valence-corrected chi connectivity index (χ2v) is 10.5. The third kappa shape index (κ3) is 4.10. The fourth-order valence-corrected chi connectivity index (χ4v) is 6.42. The van der Waals surface area contributed by atoms with E-state index in [0.717, 1.165) is 0 Å². The van der Waals surface area contributed by atoms with E-state index in [2.05, 4.69) is 41.8 Å². The number of aliphatic carboxylic acids is 1. The molecule has 4 rings (SSSR count). The topological polar surface area (TPSA) is 143 Å². The van der Waals surface area contributed by atoms with E-state index in [1.807, 2.05) is 0 Å². The van der Waals surface area contributed by atoms with Crippen LogP contribution < -0.4 is 5.32 Å². The summed E-state index contributed by atoms with van der Waals surface area (Å²) in [6.07, 6.45) is 0.0541. The van der Waals surface area contributed by atoms with Crippen molar-refractivity contribution in [2.24, 2.45) is 7.05 Å². The second-order valence-electron chi connectivity index (χ2n) is 6.35. The highest BCUT2D eigenvalue weighted by Gasteiger charge is 2.54. The van der Waals surface area contributed by atoms with Gasteiger partial charge in [-0.3, -0.25) is 14.5 Å². The molecule has 1 fully saturated rings. The van der Waals surface area contributed by atoms with Gasteiger partial charge in [-0.1, -0.05) is 11.8 Å². The van der Waals surface area contributed by atoms with Gasteiger partial charge in [-0.05, 0) is 31.9 Å². The maximum atomic E-state index is 12.7. The zero-order valence-corrected chi connectivity index (χ0v) is 19.3. The minimum Gasteiger partial charge on any atom is -0.477 e. The normalized spacial score (nSPS) is 20.7. The maximum Gasteiger partial charge on any atom is 0.352 e. The molecule has 0 aliphatic carbocycles. The lowest BCUT2D eigenvalue weighted by atomic mass is 10.0. The van der Waals surface area contributed by atoms with Crippen molar-refractivity contribution < 1.29 is 19.5 Å². The molecule has 1 unspecified atom stereocenters. The number of thioether (sulfide) groups is 2. The van der Waals surface area contributed by atoms with Crippen molar-refractivity contribution in [3.05, 3.63) is 26.3 Å². The highest BCUT2D eigenvalue weighted by molar-refractivity contribution is 9.11. The summed E-state index contributed by atoms with van der Waals surface area (Å²) < 4.78 is 2.17. The number of halogens is 1. The lowest BCUT2D eigenvalue weighted by Crippen LogP contribution is -2.70. The van der Waals surface area contributed by atoms with E-state index in [1.165, 1.54) is 44.4 Å². The van der Waals surface area contributed by atoms with Crippen LogP contribution in [0.15, 0.2) is 25.7 Å². The Bertz CT molecular complexity index is 1050. The fourth-order valence-electron chi connectivity index (χ4n) is 3.04. The third-order valence-electron chi connectivity index (χ3n) is 4.39. The first-order valence-electron chi connectivity index (χ1n) is 8.49. The van der Waals surface area contributed by atoms with Crippen LogP contribution in [0.3, 0.4) is 0 Å². The number of rotatable bonds is 7. The number of fused-ring (bicyclic) bond motifs is 1. The molecule has 0 radical (unpaired) electrons. The smallest absolute Gasteiger partial charge is 0.352 e. The summed E-state index contributed by atoms with van der Waals surface area (Å²) in [7, 11) is 1.69. The van der Waals surface area contributed by atoms with Crippen molar-refractivity contribution in [2.75, 3.05) is 11.5 Å². The van der Waals surface area contributed by atoms with Crippen molar-refractivity contribution in [2.45, 2.75) is 23.0 Å². The number of nitrogens with zero attached hydrogens (tertiary/aromatic N) is 6. The molecule has 0 spiro atoms. The van der Waals surface area contributed by atoms with Gasteiger partial charge >= 0.3 is 5.97 Å². The molecule has 2 aromatic rings. The Labute approximate surface area is 190 Å². The molecule has 0 aromatic carbocycles. The summed E-state index contributed by atoms with van der Waals surface area (Å²) in [5, 5.41) is 25.4. The molecule has 2 aliphatic rings. The van der Waals surface area contributed by atoms with Crippen molar-refractivity contribution in [3.63, 3.8) is 0 Å². The monoisotopic (exact) mass is 531 g/mol. The lowest BCUT2D eigenvalue weighted by molar-refractivity contribution is -0.150. The first kappa shape index (κ1) is 21.3. The van der Waals surface area contributed by atoms with Gasteiger partial charge in [0.1, 0.15) is 17.1 Å². The molecule has 2 amide bonds. The first-order chi connectivity index (χ1) is 14.3. The van der Waals surface area contributed by atoms with Crippen LogP contribution in [0.1, 0.15) is 5.69 Å². The molecule has 0 bridgehead atoms. The van der Waals surface area contributed by atoms with Crippen LogP contribution in [0.4, 0.5) is 0 Å². The molecule has 4 heterocycles. The second kappa shape index (κ2) is 8.64. The summed E-state index contributed by atoms with van der Waals surface area (Å²) in [6.45, 7) is 0. The number of hydrogen-bond acceptors (Lipinski definition) is 10. The molecule has 2 N–H and O–H groups in total. The lowest BCUT2D eigenvalue weighted by Gasteiger charge is -2.49. The van der Waals surface area contributed by atoms with Crippen LogP contribution in [0, 0.1) is 0 Å². The van der Waals surface area contributed by atoms with Gasteiger partial charge in [-0.25, -0.2) is 14.5 Å². The fraction of sp³-hybridized carbons (Fsp3) is 0.400. The number of β-lactam (4-membered cyclic amide) rings is 1. The van der Waals surface area contributed by atoms with Gasteiger partial charge in [0.15, 0.2) is 3.92 Å². The molecule has 11 nitrogen and oxygen atoms in total. The van der Waals surface area contributed by atoms with E-state index >= 15 is 0 Å². The van der Waals surface area contributed by atoms with Gasteiger partial charge in [0.25, 0.3) is 5.91 Å².